The second-order valence-corrected chi connectivity index (χ2v) is 6.63. The molecule has 1 N–H and O–H groups in total. The summed E-state index contributed by atoms with van der Waals surface area (Å²) in [5, 5.41) is 9.19. The van der Waals surface area contributed by atoms with Crippen molar-refractivity contribution in [3.8, 4) is 0 Å². The lowest BCUT2D eigenvalue weighted by Gasteiger charge is -2.57. The first kappa shape index (κ1) is 22.5. The van der Waals surface area contributed by atoms with Crippen LogP contribution in [0, 0.1) is 0 Å². The van der Waals surface area contributed by atoms with Gasteiger partial charge in [-0.2, -0.15) is 43.9 Å². The highest BCUT2D eigenvalue weighted by molar-refractivity contribution is 14.1. The molecule has 3 unspecified atom stereocenters. The number of alkyl halides is 11. The predicted molar refractivity (Wildman–Crippen MR) is 65.0 cm³/mol. The van der Waals surface area contributed by atoms with Crippen LogP contribution in [0.2, 0.25) is 0 Å². The number of carbonyl (C=O) groups excluding carboxylic acids is 1. The topological polar surface area (TPSA) is 55.8 Å². The van der Waals surface area contributed by atoms with Gasteiger partial charge in [0.2, 0.25) is 5.60 Å². The Morgan fingerprint density at radius 1 is 1.00 bits per heavy atom. The summed E-state index contributed by atoms with van der Waals surface area (Å²) in [4.78, 5) is 10.8. The highest BCUT2D eigenvalue weighted by atomic mass is 127. The Hall–Kier alpha value is -0.580. The fourth-order valence-electron chi connectivity index (χ4n) is 1.94. The molecule has 0 bridgehead atoms. The molecule has 0 aromatic carbocycles. The van der Waals surface area contributed by atoms with Gasteiger partial charge in [-0.1, -0.05) is 0 Å². The van der Waals surface area contributed by atoms with Gasteiger partial charge in [0.1, 0.15) is 0 Å². The van der Waals surface area contributed by atoms with Crippen molar-refractivity contribution in [1.29, 1.82) is 0 Å². The Balaban J connectivity index is 3.94. The zero-order chi connectivity index (χ0) is 20.5. The first-order valence-corrected chi connectivity index (χ1v) is 6.90. The van der Waals surface area contributed by atoms with E-state index in [9.17, 15) is 53.8 Å². The molecule has 4 nitrogen and oxygen atoms in total. The lowest BCUT2D eigenvalue weighted by molar-refractivity contribution is -0.539. The Labute approximate surface area is 145 Å². The minimum Gasteiger partial charge on any atom is -0.435 e. The fourth-order valence-corrected chi connectivity index (χ4v) is 3.13. The SMILES string of the molecule is CC(=O)OC1(I)C(F)(F)C(C)(C(F)(F)F)OC(O)(C(F)(F)F)C1(F)F. The smallest absolute Gasteiger partial charge is 0.435 e. The number of hydrogen-bond donors (Lipinski definition) is 1. The molecule has 0 aromatic heterocycles. The van der Waals surface area contributed by atoms with Crippen LogP contribution in [0.15, 0.2) is 0 Å². The normalized spacial score (nSPS) is 38.3. The third-order valence-corrected chi connectivity index (χ3v) is 4.97. The van der Waals surface area contributed by atoms with E-state index in [4.69, 9.17) is 0 Å². The molecular formula is C10H7F10IO4. The van der Waals surface area contributed by atoms with Gasteiger partial charge in [0, 0.05) is 6.92 Å². The van der Waals surface area contributed by atoms with Gasteiger partial charge in [-0.3, -0.25) is 4.79 Å². The number of ether oxygens (including phenoxy) is 2. The van der Waals surface area contributed by atoms with Crippen LogP contribution in [-0.4, -0.2) is 50.3 Å². The standard InChI is InChI=1S/C10H7F10IO4/c1-3(22)24-7(21)5(11,12)4(2,9(15,16)17)25-8(23,6(7,13)14)10(18,19)20/h23H,1-2H3. The van der Waals surface area contributed by atoms with Crippen LogP contribution in [0.5, 0.6) is 0 Å². The van der Waals surface area contributed by atoms with Crippen LogP contribution in [0.3, 0.4) is 0 Å². The molecule has 0 radical (unpaired) electrons. The third kappa shape index (κ3) is 2.59. The fraction of sp³-hybridized carbons (Fsp3) is 0.900. The molecule has 1 heterocycles. The summed E-state index contributed by atoms with van der Waals surface area (Å²) >= 11 is -0.262. The first-order valence-electron chi connectivity index (χ1n) is 5.82. The maximum atomic E-state index is 14.3. The van der Waals surface area contributed by atoms with E-state index in [-0.39, 0.29) is 29.5 Å². The molecule has 1 aliphatic heterocycles. The molecule has 1 rings (SSSR count). The van der Waals surface area contributed by atoms with E-state index in [1.807, 2.05) is 0 Å². The van der Waals surface area contributed by atoms with Gasteiger partial charge in [0.15, 0.2) is 0 Å². The molecule has 1 aliphatic rings. The number of rotatable bonds is 1. The Morgan fingerprint density at radius 3 is 1.68 bits per heavy atom. The quantitative estimate of drug-likeness (QED) is 0.255. The van der Waals surface area contributed by atoms with E-state index in [1.54, 1.807) is 0 Å². The Bertz CT molecular complexity index is 535. The summed E-state index contributed by atoms with van der Waals surface area (Å²) in [5.74, 6) is -20.3. The van der Waals surface area contributed by atoms with Gasteiger partial charge >= 0.3 is 36.0 Å². The van der Waals surface area contributed by atoms with Gasteiger partial charge in [-0.15, -0.1) is 0 Å². The molecule has 25 heavy (non-hydrogen) atoms. The van der Waals surface area contributed by atoms with Crippen molar-refractivity contribution in [2.75, 3.05) is 0 Å². The van der Waals surface area contributed by atoms with Crippen LogP contribution >= 0.6 is 22.6 Å². The predicted octanol–water partition coefficient (Wildman–Crippen LogP) is 3.55. The third-order valence-electron chi connectivity index (χ3n) is 3.39. The van der Waals surface area contributed by atoms with Crippen LogP contribution < -0.4 is 0 Å². The molecule has 15 heteroatoms. The monoisotopic (exact) mass is 508 g/mol. The second-order valence-electron chi connectivity index (χ2n) is 5.11. The average Bonchev–Trinajstić information content (AvgIpc) is 2.32. The second kappa shape index (κ2) is 5.46. The van der Waals surface area contributed by atoms with Crippen LogP contribution in [0.25, 0.3) is 0 Å². The molecule has 148 valence electrons. The number of halogens is 11. The molecule has 1 fully saturated rings. The van der Waals surface area contributed by atoms with E-state index < -0.39 is 52.1 Å². The minimum absolute atomic E-state index is 0.194. The molecule has 0 spiro atoms. The molecule has 1 saturated heterocycles. The Morgan fingerprint density at radius 2 is 1.40 bits per heavy atom. The maximum absolute atomic E-state index is 14.3. The summed E-state index contributed by atoms with van der Waals surface area (Å²) in [6.07, 6.45) is -13.1. The van der Waals surface area contributed by atoms with Gasteiger partial charge in [-0.25, -0.2) is 0 Å². The van der Waals surface area contributed by atoms with Gasteiger partial charge in [0.05, 0.1) is 0 Å². The van der Waals surface area contributed by atoms with Crippen LogP contribution in [0.1, 0.15) is 13.8 Å². The molecule has 0 saturated carbocycles. The van der Waals surface area contributed by atoms with Gasteiger partial charge < -0.3 is 14.6 Å². The summed E-state index contributed by atoms with van der Waals surface area (Å²) in [7, 11) is 0. The summed E-state index contributed by atoms with van der Waals surface area (Å²) in [6.45, 7) is -0.491. The molecule has 3 atom stereocenters. The first-order chi connectivity index (χ1) is 10.6. The molecule has 0 aliphatic carbocycles. The minimum atomic E-state index is -6.67. The summed E-state index contributed by atoms with van der Waals surface area (Å²) in [5.41, 5.74) is -5.29. The number of esters is 1. The van der Waals surface area contributed by atoms with E-state index in [2.05, 4.69) is 9.47 Å². The Kier molecular flexibility index (Phi) is 4.91. The molecular weight excluding hydrogens is 501 g/mol. The van der Waals surface area contributed by atoms with Crippen molar-refractivity contribution in [3.05, 3.63) is 0 Å². The summed E-state index contributed by atoms with van der Waals surface area (Å²) < 4.78 is 136. The van der Waals surface area contributed by atoms with Crippen LogP contribution in [-0.2, 0) is 14.3 Å². The van der Waals surface area contributed by atoms with Crippen molar-refractivity contribution in [2.24, 2.45) is 0 Å². The highest BCUT2D eigenvalue weighted by Crippen LogP contribution is 2.68. The van der Waals surface area contributed by atoms with Crippen molar-refractivity contribution in [1.82, 2.24) is 0 Å². The van der Waals surface area contributed by atoms with Gasteiger partial charge in [-0.05, 0) is 29.5 Å². The maximum Gasteiger partial charge on any atom is 0.449 e. The van der Waals surface area contributed by atoms with Gasteiger partial charge in [0.25, 0.3) is 3.61 Å². The van der Waals surface area contributed by atoms with E-state index in [0.29, 0.717) is 0 Å². The number of carbonyl (C=O) groups is 1. The zero-order valence-corrected chi connectivity index (χ0v) is 14.0. The molecule has 0 aromatic rings. The highest BCUT2D eigenvalue weighted by Gasteiger charge is 2.95. The van der Waals surface area contributed by atoms with E-state index in [0.717, 1.165) is 0 Å². The van der Waals surface area contributed by atoms with Crippen molar-refractivity contribution >= 4 is 28.6 Å². The van der Waals surface area contributed by atoms with Crippen molar-refractivity contribution in [3.63, 3.8) is 0 Å². The van der Waals surface area contributed by atoms with Crippen molar-refractivity contribution in [2.45, 2.75) is 53.0 Å². The van der Waals surface area contributed by atoms with E-state index >= 15 is 0 Å². The lowest BCUT2D eigenvalue weighted by atomic mass is 9.81. The van der Waals surface area contributed by atoms with E-state index in [1.165, 1.54) is 0 Å². The van der Waals surface area contributed by atoms with Crippen molar-refractivity contribution < 1.29 is 63.3 Å². The lowest BCUT2D eigenvalue weighted by Crippen LogP contribution is -2.85. The number of aliphatic hydroxyl groups is 1. The average molecular weight is 508 g/mol. The molecule has 0 amide bonds. The number of hydrogen-bond acceptors (Lipinski definition) is 4. The summed E-state index contributed by atoms with van der Waals surface area (Å²) in [6, 6.07) is 0. The zero-order valence-electron chi connectivity index (χ0n) is 11.8. The largest absolute Gasteiger partial charge is 0.449 e. The van der Waals surface area contributed by atoms with Crippen LogP contribution in [0.4, 0.5) is 43.9 Å².